The number of nitrogens with one attached hydrogen (secondary N) is 1. The Kier molecular flexibility index (Phi) is 4.65. The van der Waals surface area contributed by atoms with E-state index in [2.05, 4.69) is 46.8 Å². The highest BCUT2D eigenvalue weighted by atomic mass is 32.1. The van der Waals surface area contributed by atoms with Crippen LogP contribution in [0, 0.1) is 0 Å². The topological polar surface area (TPSA) is 92.1 Å². The van der Waals surface area contributed by atoms with Gasteiger partial charge in [0, 0.05) is 32.7 Å². The van der Waals surface area contributed by atoms with Gasteiger partial charge >= 0.3 is 0 Å². The molecular weight excluding hydrogens is 376 g/mol. The molecule has 9 nitrogen and oxygen atoms in total. The monoisotopic (exact) mass is 398 g/mol. The molecule has 0 aromatic carbocycles. The summed E-state index contributed by atoms with van der Waals surface area (Å²) in [5.41, 5.74) is 0.924. The molecule has 0 aliphatic carbocycles. The summed E-state index contributed by atoms with van der Waals surface area (Å²) in [6, 6.07) is 2.45. The van der Waals surface area contributed by atoms with Gasteiger partial charge in [0.2, 0.25) is 5.91 Å². The van der Waals surface area contributed by atoms with Crippen molar-refractivity contribution in [2.75, 3.05) is 37.6 Å². The lowest BCUT2D eigenvalue weighted by molar-refractivity contribution is -0.124. The molecule has 1 amide bonds. The van der Waals surface area contributed by atoms with Gasteiger partial charge in [0.05, 0.1) is 29.9 Å². The molecule has 1 N–H and O–H groups in total. The molecule has 2 aliphatic heterocycles. The number of fused-ring (bicyclic) bond motifs is 1. The fourth-order valence-electron chi connectivity index (χ4n) is 3.99. The third-order valence-corrected chi connectivity index (χ3v) is 6.26. The quantitative estimate of drug-likeness (QED) is 0.702. The van der Waals surface area contributed by atoms with Crippen LogP contribution < -0.4 is 10.2 Å². The molecule has 3 aromatic heterocycles. The van der Waals surface area contributed by atoms with Crippen molar-refractivity contribution in [2.45, 2.75) is 25.4 Å². The fraction of sp³-hybridized carbons (Fsp3) is 0.500. The van der Waals surface area contributed by atoms with Gasteiger partial charge in [-0.1, -0.05) is 5.21 Å². The second-order valence-electron chi connectivity index (χ2n) is 7.31. The second-order valence-corrected chi connectivity index (χ2v) is 8.20. The van der Waals surface area contributed by atoms with E-state index in [1.165, 1.54) is 0 Å². The van der Waals surface area contributed by atoms with Crippen LogP contribution in [0.25, 0.3) is 10.2 Å². The van der Waals surface area contributed by atoms with Crippen molar-refractivity contribution in [3.63, 3.8) is 0 Å². The Morgan fingerprint density at radius 1 is 1.21 bits per heavy atom. The Hall–Kier alpha value is -2.59. The van der Waals surface area contributed by atoms with Gasteiger partial charge in [-0.05, 0) is 24.3 Å². The highest BCUT2D eigenvalue weighted by Crippen LogP contribution is 2.31. The number of carbonyl (C=O) groups excluding carboxylic acids is 1. The number of piperazine rings is 1. The predicted octanol–water partition coefficient (Wildman–Crippen LogP) is 1.06. The summed E-state index contributed by atoms with van der Waals surface area (Å²) in [7, 11) is 0. The van der Waals surface area contributed by atoms with Gasteiger partial charge in [-0.25, -0.2) is 14.6 Å². The van der Waals surface area contributed by atoms with Gasteiger partial charge in [0.25, 0.3) is 0 Å². The molecule has 0 unspecified atom stereocenters. The number of amides is 1. The number of thiophene rings is 1. The first kappa shape index (κ1) is 17.5. The number of hydrogen-bond donors (Lipinski definition) is 1. The lowest BCUT2D eigenvalue weighted by Crippen LogP contribution is -2.47. The van der Waals surface area contributed by atoms with E-state index in [1.807, 2.05) is 10.9 Å². The molecule has 3 aromatic rings. The van der Waals surface area contributed by atoms with E-state index >= 15 is 0 Å². The van der Waals surface area contributed by atoms with Gasteiger partial charge in [0.1, 0.15) is 17.0 Å². The van der Waals surface area contributed by atoms with Gasteiger partial charge in [-0.2, -0.15) is 0 Å². The van der Waals surface area contributed by atoms with Crippen LogP contribution in [-0.4, -0.2) is 68.5 Å². The Morgan fingerprint density at radius 2 is 2.11 bits per heavy atom. The highest BCUT2D eigenvalue weighted by Gasteiger charge is 2.24. The van der Waals surface area contributed by atoms with Gasteiger partial charge in [-0.3, -0.25) is 9.69 Å². The molecule has 5 heterocycles. The molecule has 0 bridgehead atoms. The first-order chi connectivity index (χ1) is 13.8. The van der Waals surface area contributed by atoms with Crippen LogP contribution in [-0.2, 0) is 11.3 Å². The molecule has 2 fully saturated rings. The minimum atomic E-state index is 0.0791. The Labute approximate surface area is 166 Å². The summed E-state index contributed by atoms with van der Waals surface area (Å²) >= 11 is 1.65. The van der Waals surface area contributed by atoms with E-state index in [1.54, 1.807) is 17.7 Å². The minimum absolute atomic E-state index is 0.0791. The van der Waals surface area contributed by atoms with Crippen molar-refractivity contribution in [1.29, 1.82) is 0 Å². The van der Waals surface area contributed by atoms with Crippen LogP contribution in [0.4, 0.5) is 5.82 Å². The zero-order valence-corrected chi connectivity index (χ0v) is 16.3. The van der Waals surface area contributed by atoms with E-state index in [9.17, 15) is 4.79 Å². The number of anilines is 1. The summed E-state index contributed by atoms with van der Waals surface area (Å²) in [4.78, 5) is 25.9. The van der Waals surface area contributed by atoms with Crippen molar-refractivity contribution >= 4 is 33.3 Å². The second kappa shape index (κ2) is 7.44. The first-order valence-electron chi connectivity index (χ1n) is 9.59. The van der Waals surface area contributed by atoms with E-state index in [0.29, 0.717) is 25.7 Å². The van der Waals surface area contributed by atoms with Crippen LogP contribution in [0.15, 0.2) is 24.0 Å². The maximum atomic E-state index is 11.5. The largest absolute Gasteiger partial charge is 0.356 e. The third kappa shape index (κ3) is 3.45. The van der Waals surface area contributed by atoms with Gasteiger partial charge < -0.3 is 10.2 Å². The third-order valence-electron chi connectivity index (χ3n) is 5.44. The SMILES string of the molecule is O=C1CN(Cc2cn(C3CCN(c4ncnc5sccc45)CC3)nn2)CCN1. The van der Waals surface area contributed by atoms with Crippen LogP contribution >= 0.6 is 11.3 Å². The van der Waals surface area contributed by atoms with E-state index < -0.39 is 0 Å². The minimum Gasteiger partial charge on any atom is -0.356 e. The number of piperidine rings is 1. The Balaban J connectivity index is 1.22. The first-order valence-corrected chi connectivity index (χ1v) is 10.5. The molecule has 146 valence electrons. The number of rotatable bonds is 4. The van der Waals surface area contributed by atoms with Crippen LogP contribution in [0.1, 0.15) is 24.6 Å². The molecule has 0 saturated carbocycles. The Bertz CT molecular complexity index is 977. The van der Waals surface area contributed by atoms with Crippen molar-refractivity contribution in [1.82, 2.24) is 35.2 Å². The Morgan fingerprint density at radius 3 is 2.96 bits per heavy atom. The molecule has 0 atom stereocenters. The fourth-order valence-corrected chi connectivity index (χ4v) is 4.72. The van der Waals surface area contributed by atoms with Crippen LogP contribution in [0.5, 0.6) is 0 Å². The zero-order chi connectivity index (χ0) is 18.9. The number of carbonyl (C=O) groups is 1. The van der Waals surface area contributed by atoms with E-state index in [4.69, 9.17) is 0 Å². The van der Waals surface area contributed by atoms with Crippen molar-refractivity contribution in [3.8, 4) is 0 Å². The maximum absolute atomic E-state index is 11.5. The average Bonchev–Trinajstić information content (AvgIpc) is 3.37. The lowest BCUT2D eigenvalue weighted by atomic mass is 10.1. The van der Waals surface area contributed by atoms with Crippen LogP contribution in [0.2, 0.25) is 0 Å². The van der Waals surface area contributed by atoms with Crippen LogP contribution in [0.3, 0.4) is 0 Å². The van der Waals surface area contributed by atoms with Gasteiger partial charge in [-0.15, -0.1) is 16.4 Å². The predicted molar refractivity (Wildman–Crippen MR) is 106 cm³/mol. The maximum Gasteiger partial charge on any atom is 0.234 e. The number of hydrogen-bond acceptors (Lipinski definition) is 8. The zero-order valence-electron chi connectivity index (χ0n) is 15.5. The molecule has 2 aliphatic rings. The number of nitrogens with zero attached hydrogens (tertiary/aromatic N) is 7. The summed E-state index contributed by atoms with van der Waals surface area (Å²) in [6.45, 7) is 4.53. The lowest BCUT2D eigenvalue weighted by Gasteiger charge is -2.32. The average molecular weight is 398 g/mol. The number of aromatic nitrogens is 5. The molecule has 5 rings (SSSR count). The molecule has 28 heavy (non-hydrogen) atoms. The molecule has 0 radical (unpaired) electrons. The smallest absolute Gasteiger partial charge is 0.234 e. The molecule has 0 spiro atoms. The van der Waals surface area contributed by atoms with Gasteiger partial charge in [0.15, 0.2) is 0 Å². The summed E-state index contributed by atoms with van der Waals surface area (Å²) in [6.07, 6.45) is 5.70. The standard InChI is InChI=1S/C18H22N8OS/c27-16-11-24(7-4-19-16)9-13-10-26(23-22-13)14-1-5-25(6-2-14)17-15-3-8-28-18(15)21-12-20-17/h3,8,10,12,14H,1-2,4-7,9,11H2,(H,19,27). The van der Waals surface area contributed by atoms with E-state index in [-0.39, 0.29) is 5.91 Å². The normalized spacial score (nSPS) is 19.3. The van der Waals surface area contributed by atoms with Crippen molar-refractivity contribution < 1.29 is 4.79 Å². The summed E-state index contributed by atoms with van der Waals surface area (Å²) < 4.78 is 2.00. The summed E-state index contributed by atoms with van der Waals surface area (Å²) in [5.74, 6) is 1.11. The molecule has 2 saturated heterocycles. The van der Waals surface area contributed by atoms with Crippen molar-refractivity contribution in [2.24, 2.45) is 0 Å². The summed E-state index contributed by atoms with van der Waals surface area (Å²) in [5, 5.41) is 14.7. The van der Waals surface area contributed by atoms with E-state index in [0.717, 1.165) is 54.2 Å². The highest BCUT2D eigenvalue weighted by molar-refractivity contribution is 7.16. The molecule has 10 heteroatoms. The molecular formula is C18H22N8OS. The van der Waals surface area contributed by atoms with Crippen molar-refractivity contribution in [3.05, 3.63) is 29.7 Å².